The standard InChI is InChI=1S/C43H54N6O10S/c1-24(2)58-35-14-11-27(22-44-35)33-19-28-18-30(57-6)12-13-32(28)38(45-33)59-31-20-34-37(50)47-43(40(52)48-60(55,56)42(5)15-16-42)21-29(43)10-8-7-9-25(3)17-26(4)36(46-41(53)54)39(51)49(34)23-31/h8,10-14,18-19,22,24-26,29,31,34,36,46H,7,9,15-17,20-21,23H2,1-6H3,(H,47,50)(H,48,52)(H,53,54)/t25-,26-,29-,31-,34+,36+,43-/m1/s1. The minimum Gasteiger partial charge on any atom is -0.497 e. The molecular weight excluding hydrogens is 793 g/mol. The molecule has 2 aliphatic carbocycles. The Labute approximate surface area is 349 Å². The number of pyridine rings is 2. The molecule has 0 unspecified atom stereocenters. The van der Waals surface area contributed by atoms with Crippen molar-refractivity contribution in [1.82, 2.24) is 30.2 Å². The second-order valence-corrected chi connectivity index (χ2v) is 19.5. The normalized spacial score (nSPS) is 27.8. The summed E-state index contributed by atoms with van der Waals surface area (Å²) >= 11 is 0. The maximum atomic E-state index is 14.6. The van der Waals surface area contributed by atoms with E-state index in [-0.39, 0.29) is 37.3 Å². The van der Waals surface area contributed by atoms with Gasteiger partial charge in [-0.05, 0) is 107 Å². The zero-order valence-electron chi connectivity index (χ0n) is 34.8. The van der Waals surface area contributed by atoms with Crippen molar-refractivity contribution in [2.75, 3.05) is 13.7 Å². The van der Waals surface area contributed by atoms with Gasteiger partial charge in [-0.2, -0.15) is 0 Å². The number of methoxy groups -OCH3 is 1. The monoisotopic (exact) mass is 846 g/mol. The summed E-state index contributed by atoms with van der Waals surface area (Å²) in [4.78, 5) is 66.0. The van der Waals surface area contributed by atoms with Gasteiger partial charge in [0.1, 0.15) is 29.5 Å². The largest absolute Gasteiger partial charge is 0.497 e. The number of carbonyl (C=O) groups is 4. The number of carboxylic acid groups (broad SMARTS) is 1. The number of hydrogen-bond acceptors (Lipinski definition) is 11. The summed E-state index contributed by atoms with van der Waals surface area (Å²) in [7, 11) is -2.47. The molecule has 2 aromatic heterocycles. The first-order valence-electron chi connectivity index (χ1n) is 20.6. The number of hydrogen-bond donors (Lipinski definition) is 4. The highest BCUT2D eigenvalue weighted by atomic mass is 32.2. The fourth-order valence-corrected chi connectivity index (χ4v) is 9.61. The van der Waals surface area contributed by atoms with Crippen LogP contribution in [0.4, 0.5) is 4.79 Å². The second kappa shape index (κ2) is 16.5. The summed E-state index contributed by atoms with van der Waals surface area (Å²) in [6.45, 7) is 9.12. The zero-order chi connectivity index (χ0) is 43.1. The van der Waals surface area contributed by atoms with Gasteiger partial charge in [-0.1, -0.05) is 26.0 Å². The molecule has 2 saturated carbocycles. The predicted octanol–water partition coefficient (Wildman–Crippen LogP) is 4.96. The van der Waals surface area contributed by atoms with Crippen molar-refractivity contribution < 1.29 is 46.9 Å². The molecule has 3 fully saturated rings. The molecule has 0 bridgehead atoms. The molecule has 4 aliphatic rings. The van der Waals surface area contributed by atoms with Crippen molar-refractivity contribution >= 4 is 44.6 Å². The number of benzene rings is 1. The van der Waals surface area contributed by atoms with Gasteiger partial charge in [0, 0.05) is 35.6 Å². The van der Waals surface area contributed by atoms with Crippen LogP contribution < -0.4 is 29.6 Å². The number of nitrogens with zero attached hydrogens (tertiary/aromatic N) is 3. The summed E-state index contributed by atoms with van der Waals surface area (Å²) in [6.07, 6.45) is 5.99. The number of ether oxygens (including phenoxy) is 3. The van der Waals surface area contributed by atoms with Crippen LogP contribution in [-0.2, 0) is 24.4 Å². The van der Waals surface area contributed by atoms with Crippen LogP contribution in [0, 0.1) is 17.8 Å². The van der Waals surface area contributed by atoms with Crippen LogP contribution in [0.15, 0.2) is 54.7 Å². The third-order valence-corrected chi connectivity index (χ3v) is 14.4. The molecule has 322 valence electrons. The van der Waals surface area contributed by atoms with Crippen LogP contribution in [0.25, 0.3) is 22.0 Å². The molecule has 1 saturated heterocycles. The van der Waals surface area contributed by atoms with Gasteiger partial charge in [-0.25, -0.2) is 23.2 Å². The number of rotatable bonds is 10. The fraction of sp³-hybridized carbons (Fsp3) is 0.535. The number of aromatic nitrogens is 2. The zero-order valence-corrected chi connectivity index (χ0v) is 35.6. The molecule has 2 aliphatic heterocycles. The van der Waals surface area contributed by atoms with E-state index in [0.717, 1.165) is 11.8 Å². The average Bonchev–Trinajstić information content (AvgIpc) is 4.08. The van der Waals surface area contributed by atoms with Crippen molar-refractivity contribution in [2.45, 2.75) is 114 Å². The average molecular weight is 847 g/mol. The smallest absolute Gasteiger partial charge is 0.405 e. The Hall–Kier alpha value is -5.45. The predicted molar refractivity (Wildman–Crippen MR) is 222 cm³/mol. The lowest BCUT2D eigenvalue weighted by molar-refractivity contribution is -0.142. The summed E-state index contributed by atoms with van der Waals surface area (Å²) in [5.74, 6) is -1.69. The van der Waals surface area contributed by atoms with E-state index in [9.17, 15) is 32.7 Å². The number of carbonyl (C=O) groups excluding carboxylic acids is 3. The van der Waals surface area contributed by atoms with E-state index in [0.29, 0.717) is 54.0 Å². The first-order valence-corrected chi connectivity index (χ1v) is 22.0. The van der Waals surface area contributed by atoms with Crippen molar-refractivity contribution in [3.05, 3.63) is 54.7 Å². The Morgan fingerprint density at radius 2 is 1.85 bits per heavy atom. The van der Waals surface area contributed by atoms with Gasteiger partial charge in [0.2, 0.25) is 33.6 Å². The van der Waals surface area contributed by atoms with E-state index in [1.807, 2.05) is 58.0 Å². The molecule has 1 aromatic carbocycles. The van der Waals surface area contributed by atoms with Crippen LogP contribution in [0.5, 0.6) is 17.5 Å². The van der Waals surface area contributed by atoms with E-state index in [4.69, 9.17) is 19.2 Å². The maximum absolute atomic E-state index is 14.6. The molecule has 4 amide bonds. The first-order chi connectivity index (χ1) is 28.4. The third kappa shape index (κ3) is 8.86. The highest BCUT2D eigenvalue weighted by Gasteiger charge is 2.63. The fourth-order valence-electron chi connectivity index (χ4n) is 8.30. The second-order valence-electron chi connectivity index (χ2n) is 17.3. The number of allylic oxidation sites excluding steroid dienone is 1. The summed E-state index contributed by atoms with van der Waals surface area (Å²) in [6, 6.07) is 8.46. The van der Waals surface area contributed by atoms with Gasteiger partial charge in [-0.15, -0.1) is 0 Å². The quantitative estimate of drug-likeness (QED) is 0.199. The van der Waals surface area contributed by atoms with Crippen LogP contribution in [0.2, 0.25) is 0 Å². The molecule has 7 atom stereocenters. The maximum Gasteiger partial charge on any atom is 0.405 e. The minimum atomic E-state index is -4.03. The molecule has 0 spiro atoms. The van der Waals surface area contributed by atoms with Gasteiger partial charge >= 0.3 is 6.09 Å². The van der Waals surface area contributed by atoms with E-state index in [1.165, 1.54) is 4.90 Å². The Morgan fingerprint density at radius 3 is 2.52 bits per heavy atom. The lowest BCUT2D eigenvalue weighted by atomic mass is 9.88. The van der Waals surface area contributed by atoms with E-state index in [2.05, 4.69) is 20.3 Å². The molecular formula is C43H54N6O10S. The Kier molecular flexibility index (Phi) is 11.8. The number of fused-ring (bicyclic) bond motifs is 3. The van der Waals surface area contributed by atoms with E-state index < -0.39 is 74.1 Å². The topological polar surface area (TPSA) is 215 Å². The molecule has 3 aromatic rings. The van der Waals surface area contributed by atoms with E-state index in [1.54, 1.807) is 38.4 Å². The van der Waals surface area contributed by atoms with Crippen molar-refractivity contribution in [3.63, 3.8) is 0 Å². The number of sulfonamides is 1. The molecule has 7 rings (SSSR count). The van der Waals surface area contributed by atoms with E-state index >= 15 is 0 Å². The molecule has 4 heterocycles. The molecule has 60 heavy (non-hydrogen) atoms. The van der Waals surface area contributed by atoms with Crippen LogP contribution >= 0.6 is 0 Å². The van der Waals surface area contributed by atoms with Crippen LogP contribution in [0.3, 0.4) is 0 Å². The Bertz CT molecular complexity index is 2300. The first kappa shape index (κ1) is 42.7. The minimum absolute atomic E-state index is 0.0386. The van der Waals surface area contributed by atoms with Gasteiger partial charge in [0.15, 0.2) is 0 Å². The summed E-state index contributed by atoms with van der Waals surface area (Å²) in [5, 5.41) is 16.6. The summed E-state index contributed by atoms with van der Waals surface area (Å²) < 4.78 is 45.5. The van der Waals surface area contributed by atoms with Gasteiger partial charge < -0.3 is 34.9 Å². The van der Waals surface area contributed by atoms with Crippen LogP contribution in [0.1, 0.15) is 79.6 Å². The van der Waals surface area contributed by atoms with Crippen molar-refractivity contribution in [1.29, 1.82) is 0 Å². The highest BCUT2D eigenvalue weighted by Crippen LogP contribution is 2.48. The van der Waals surface area contributed by atoms with Gasteiger partial charge in [0.25, 0.3) is 5.91 Å². The number of nitrogens with one attached hydrogen (secondary N) is 3. The lowest BCUT2D eigenvalue weighted by Crippen LogP contribution is -2.59. The Morgan fingerprint density at radius 1 is 1.08 bits per heavy atom. The molecule has 4 N–H and O–H groups in total. The van der Waals surface area contributed by atoms with Crippen molar-refractivity contribution in [2.24, 2.45) is 17.8 Å². The van der Waals surface area contributed by atoms with Gasteiger partial charge in [-0.3, -0.25) is 19.1 Å². The van der Waals surface area contributed by atoms with Crippen molar-refractivity contribution in [3.8, 4) is 28.8 Å². The number of amides is 4. The molecule has 0 radical (unpaired) electrons. The Balaban J connectivity index is 1.24. The van der Waals surface area contributed by atoms with Crippen LogP contribution in [-0.4, -0.2) is 100 Å². The highest BCUT2D eigenvalue weighted by molar-refractivity contribution is 7.91. The van der Waals surface area contributed by atoms with Gasteiger partial charge in [0.05, 0.1) is 30.2 Å². The molecule has 16 nitrogen and oxygen atoms in total. The SMILES string of the molecule is COc1ccc2c(O[C@@H]3C[C@H]4C(=O)N[C@]5(C(=O)NS(=O)(=O)C6(C)CC6)C[C@H]5C=CCC[C@@H](C)C[C@@H](C)[C@H](NC(=O)O)C(=O)N4C3)nc(-c3ccc(OC(C)C)nc3)cc2c1. The third-order valence-electron chi connectivity index (χ3n) is 12.2. The lowest BCUT2D eigenvalue weighted by Gasteiger charge is -2.32. The summed E-state index contributed by atoms with van der Waals surface area (Å²) in [5.41, 5.74) is -0.373. The molecule has 17 heteroatoms.